The Labute approximate surface area is 358 Å². The summed E-state index contributed by atoms with van der Waals surface area (Å²) in [5.74, 6) is 0. The normalized spacial score (nSPS) is 24.8. The van der Waals surface area contributed by atoms with Gasteiger partial charge in [0, 0.05) is 0 Å². The number of nitrogens with zero attached hydrogens (tertiary/aromatic N) is 1. The fraction of sp³-hybridized carbons (Fsp3) is 0.973. The zero-order chi connectivity index (χ0) is 44.8. The van der Waals surface area contributed by atoms with E-state index in [1.54, 1.807) is 13.3 Å². The molecule has 12 nitrogen and oxygen atoms in total. The third-order valence-corrected chi connectivity index (χ3v) is 15.4. The van der Waals surface area contributed by atoms with Crippen molar-refractivity contribution in [3.8, 4) is 0 Å². The molecule has 0 aromatic heterocycles. The van der Waals surface area contributed by atoms with Crippen molar-refractivity contribution >= 4 is 72.8 Å². The van der Waals surface area contributed by atoms with Gasteiger partial charge in [-0.1, -0.05) is 5.16 Å². The Bertz CT molecular complexity index is 1210. The Morgan fingerprint density at radius 1 is 0.491 bits per heavy atom. The average molecular weight is 949 g/mol. The predicted molar refractivity (Wildman–Crippen MR) is 257 cm³/mol. The van der Waals surface area contributed by atoms with Crippen LogP contribution in [-0.4, -0.2) is 148 Å². The molecule has 0 saturated carbocycles. The molecule has 1 fully saturated rings. The lowest BCUT2D eigenvalue weighted by atomic mass is 9.99. The molecule has 0 N–H and O–H groups in total. The van der Waals surface area contributed by atoms with Crippen molar-refractivity contribution in [3.63, 3.8) is 0 Å². The van der Waals surface area contributed by atoms with Crippen molar-refractivity contribution in [1.29, 1.82) is 0 Å². The molecule has 9 atom stereocenters. The molecular weight excluding hydrogens is 859 g/mol. The van der Waals surface area contributed by atoms with Crippen LogP contribution >= 0.6 is 0 Å². The van der Waals surface area contributed by atoms with Crippen LogP contribution in [0, 0.1) is 0 Å². The van der Waals surface area contributed by atoms with E-state index in [9.17, 15) is 0 Å². The maximum absolute atomic E-state index is 7.20. The first-order valence-electron chi connectivity index (χ1n) is 20.9. The Kier molecular flexibility index (Phi) is 21.0. The Hall–Kier alpha value is 0.805. The van der Waals surface area contributed by atoms with Gasteiger partial charge in [0.05, 0.1) is 31.6 Å². The quantitative estimate of drug-likeness (QED) is 0.0495. The second-order valence-electron chi connectivity index (χ2n) is 23.2. The molecule has 0 radical (unpaired) electrons. The van der Waals surface area contributed by atoms with Crippen LogP contribution in [0.2, 0.25) is 157 Å². The SMILES string of the molecule is CO/N=C/C(O[Si](C)(C)C)C(O[Si](C)(C)C)C(O[Si](C)(C)C)C(COC1OC(CO[Si](C)(C)C)C(O[Si](C)(C)C)C(O[Si](C)(C)C)C1O[Si](C)(C)C)O[Si](C)(C)C. The van der Waals surface area contributed by atoms with Gasteiger partial charge in [-0.2, -0.15) is 0 Å². The third kappa shape index (κ3) is 24.9. The summed E-state index contributed by atoms with van der Waals surface area (Å²) in [6, 6.07) is 0. The Morgan fingerprint density at radius 3 is 1.32 bits per heavy atom. The first kappa shape index (κ1) is 55.8. The molecule has 1 rings (SSSR count). The molecule has 0 aromatic rings. The molecule has 57 heavy (non-hydrogen) atoms. The van der Waals surface area contributed by atoms with E-state index in [4.69, 9.17) is 49.7 Å². The number of oxime groups is 1. The molecule has 0 bridgehead atoms. The van der Waals surface area contributed by atoms with E-state index in [1.165, 1.54) is 0 Å². The van der Waals surface area contributed by atoms with Crippen LogP contribution in [0.3, 0.4) is 0 Å². The van der Waals surface area contributed by atoms with E-state index in [0.29, 0.717) is 6.61 Å². The van der Waals surface area contributed by atoms with Crippen LogP contribution in [0.4, 0.5) is 0 Å². The second-order valence-corrected chi connectivity index (χ2v) is 58.9. The van der Waals surface area contributed by atoms with Gasteiger partial charge in [-0.3, -0.25) is 0 Å². The summed E-state index contributed by atoms with van der Waals surface area (Å²) in [6.07, 6.45) is -3.12. The van der Waals surface area contributed by atoms with E-state index in [2.05, 4.69) is 162 Å². The van der Waals surface area contributed by atoms with Crippen molar-refractivity contribution in [2.24, 2.45) is 5.16 Å². The second kappa shape index (κ2) is 21.5. The van der Waals surface area contributed by atoms with Crippen molar-refractivity contribution in [1.82, 2.24) is 0 Å². The molecular formula is C37H89NO11Si8. The number of ether oxygens (including phenoxy) is 2. The predicted octanol–water partition coefficient (Wildman–Crippen LogP) is 9.75. The largest absolute Gasteiger partial charge is 0.415 e. The zero-order valence-corrected chi connectivity index (χ0v) is 49.1. The third-order valence-electron chi connectivity index (χ3n) is 7.47. The van der Waals surface area contributed by atoms with Gasteiger partial charge < -0.3 is 49.7 Å². The number of hydrogen-bond acceptors (Lipinski definition) is 12. The summed E-state index contributed by atoms with van der Waals surface area (Å²) in [4.78, 5) is 5.23. The lowest BCUT2D eigenvalue weighted by molar-refractivity contribution is -0.296. The first-order valence-corrected chi connectivity index (χ1v) is 48.2. The highest BCUT2D eigenvalue weighted by Gasteiger charge is 2.53. The van der Waals surface area contributed by atoms with E-state index in [0.717, 1.165) is 0 Å². The molecule has 0 spiro atoms. The highest BCUT2D eigenvalue weighted by molar-refractivity contribution is 6.72. The maximum atomic E-state index is 7.20. The van der Waals surface area contributed by atoms with Crippen molar-refractivity contribution < 1.29 is 49.7 Å². The molecule has 1 saturated heterocycles. The Morgan fingerprint density at radius 2 is 0.912 bits per heavy atom. The van der Waals surface area contributed by atoms with Gasteiger partial charge in [0.25, 0.3) is 0 Å². The van der Waals surface area contributed by atoms with Gasteiger partial charge in [0.2, 0.25) is 0 Å². The van der Waals surface area contributed by atoms with Gasteiger partial charge >= 0.3 is 0 Å². The van der Waals surface area contributed by atoms with Gasteiger partial charge in [0.1, 0.15) is 43.7 Å². The topological polar surface area (TPSA) is 114 Å². The number of hydrogen-bond donors (Lipinski definition) is 0. The van der Waals surface area contributed by atoms with Crippen LogP contribution in [0.5, 0.6) is 0 Å². The zero-order valence-electron chi connectivity index (χ0n) is 41.1. The molecule has 20 heteroatoms. The summed E-state index contributed by atoms with van der Waals surface area (Å²) in [5, 5.41) is 4.23. The van der Waals surface area contributed by atoms with E-state index < -0.39 is 122 Å². The van der Waals surface area contributed by atoms with Crippen molar-refractivity contribution in [2.45, 2.75) is 212 Å². The monoisotopic (exact) mass is 947 g/mol. The van der Waals surface area contributed by atoms with Crippen LogP contribution < -0.4 is 0 Å². The van der Waals surface area contributed by atoms with Crippen molar-refractivity contribution in [3.05, 3.63) is 0 Å². The molecule has 340 valence electrons. The smallest absolute Gasteiger partial charge is 0.185 e. The summed E-state index contributed by atoms with van der Waals surface area (Å²) in [7, 11) is -15.7. The van der Waals surface area contributed by atoms with Crippen LogP contribution in [-0.2, 0) is 49.7 Å². The highest BCUT2D eigenvalue weighted by atomic mass is 28.4. The van der Waals surface area contributed by atoms with E-state index >= 15 is 0 Å². The summed E-state index contributed by atoms with van der Waals surface area (Å²) in [6.45, 7) is 53.1. The lowest BCUT2D eigenvalue weighted by Gasteiger charge is -2.51. The average Bonchev–Trinajstić information content (AvgIpc) is 2.92. The van der Waals surface area contributed by atoms with Crippen LogP contribution in [0.15, 0.2) is 5.16 Å². The summed E-state index contributed by atoms with van der Waals surface area (Å²) >= 11 is 0. The highest BCUT2D eigenvalue weighted by Crippen LogP contribution is 2.36. The minimum Gasteiger partial charge on any atom is -0.415 e. The summed E-state index contributed by atoms with van der Waals surface area (Å²) in [5.41, 5.74) is 0. The van der Waals surface area contributed by atoms with Gasteiger partial charge in [-0.25, -0.2) is 0 Å². The molecule has 0 aromatic carbocycles. The molecule has 9 unspecified atom stereocenters. The Balaban J connectivity index is 4.09. The van der Waals surface area contributed by atoms with E-state index in [-0.39, 0.29) is 6.61 Å². The molecule has 1 aliphatic heterocycles. The molecule has 1 aliphatic rings. The van der Waals surface area contributed by atoms with E-state index in [1.807, 2.05) is 0 Å². The fourth-order valence-corrected chi connectivity index (χ4v) is 14.4. The van der Waals surface area contributed by atoms with Gasteiger partial charge in [0.15, 0.2) is 72.8 Å². The first-order chi connectivity index (χ1) is 25.2. The molecule has 1 heterocycles. The number of rotatable bonds is 25. The molecule has 0 aliphatic carbocycles. The minimum absolute atomic E-state index is 0.156. The fourth-order valence-electron chi connectivity index (χ4n) is 6.15. The maximum Gasteiger partial charge on any atom is 0.185 e. The summed E-state index contributed by atoms with van der Waals surface area (Å²) < 4.78 is 70.3. The van der Waals surface area contributed by atoms with Gasteiger partial charge in [-0.05, 0) is 157 Å². The van der Waals surface area contributed by atoms with Crippen LogP contribution in [0.1, 0.15) is 0 Å². The van der Waals surface area contributed by atoms with Crippen LogP contribution in [0.25, 0.3) is 0 Å². The van der Waals surface area contributed by atoms with Gasteiger partial charge in [-0.15, -0.1) is 0 Å². The minimum atomic E-state index is -2.25. The standard InChI is InChI=1S/C37H89NO11Si8/c1-39-38-26-29(43-51(5,6)7)32(45-53(11,12)13)34(47-55(17,18)19)31(44-52(8,9)10)27-40-37-36(49-57(23,24)25)35(48-56(20,21)22)33(46-54(14,15)16)30(42-37)28-41-50(2,3)4/h26,29-37H,27-28H2,1-25H3/b38-26+. The molecule has 0 amide bonds. The van der Waals surface area contributed by atoms with Crippen molar-refractivity contribution in [2.75, 3.05) is 20.3 Å². The lowest BCUT2D eigenvalue weighted by Crippen LogP contribution is -2.67.